The second kappa shape index (κ2) is 5.54. The van der Waals surface area contributed by atoms with Gasteiger partial charge in [-0.15, -0.1) is 0 Å². The first-order chi connectivity index (χ1) is 8.99. The normalized spacial score (nSPS) is 18.6. The van der Waals surface area contributed by atoms with E-state index in [-0.39, 0.29) is 23.9 Å². The number of hydrogen-bond donors (Lipinski definition) is 2. The number of benzene rings is 1. The maximum absolute atomic E-state index is 12.2. The van der Waals surface area contributed by atoms with Gasteiger partial charge in [0.25, 0.3) is 5.91 Å². The van der Waals surface area contributed by atoms with Crippen molar-refractivity contribution in [2.45, 2.75) is 18.9 Å². The van der Waals surface area contributed by atoms with Crippen molar-refractivity contribution in [2.24, 2.45) is 0 Å². The number of amides is 1. The van der Waals surface area contributed by atoms with Crippen molar-refractivity contribution < 1.29 is 14.7 Å². The van der Waals surface area contributed by atoms with Gasteiger partial charge in [-0.1, -0.05) is 11.6 Å². The minimum Gasteiger partial charge on any atom is -0.481 e. The van der Waals surface area contributed by atoms with Crippen LogP contribution in [0.1, 0.15) is 12.8 Å². The van der Waals surface area contributed by atoms with Crippen molar-refractivity contribution in [1.29, 1.82) is 0 Å². The first-order valence-corrected chi connectivity index (χ1v) is 6.39. The number of hydrogen-bond acceptors (Lipinski definition) is 3. The number of halogens is 1. The zero-order chi connectivity index (χ0) is 14.0. The average molecular weight is 299 g/mol. The van der Waals surface area contributed by atoms with Crippen LogP contribution in [-0.4, -0.2) is 28.1 Å². The van der Waals surface area contributed by atoms with Gasteiger partial charge >= 0.3 is 5.97 Å². The maximum atomic E-state index is 12.2. The number of carbonyl (C=O) groups is 2. The van der Waals surface area contributed by atoms with E-state index >= 15 is 0 Å². The Kier molecular flexibility index (Phi) is 4.01. The highest BCUT2D eigenvalue weighted by atomic mass is 35.5. The fourth-order valence-corrected chi connectivity index (χ4v) is 2.29. The molecule has 5 nitrogen and oxygen atoms in total. The second-order valence-corrected chi connectivity index (χ2v) is 4.91. The third kappa shape index (κ3) is 3.02. The van der Waals surface area contributed by atoms with Crippen LogP contribution in [0.4, 0.5) is 5.69 Å². The predicted molar refractivity (Wildman–Crippen MR) is 75.3 cm³/mol. The van der Waals surface area contributed by atoms with E-state index in [1.165, 1.54) is 4.90 Å². The Labute approximate surface area is 120 Å². The van der Waals surface area contributed by atoms with Gasteiger partial charge in [-0.2, -0.15) is 0 Å². The van der Waals surface area contributed by atoms with Crippen LogP contribution >= 0.6 is 23.8 Å². The Bertz CT molecular complexity index is 532. The Hall–Kier alpha value is -1.66. The van der Waals surface area contributed by atoms with Crippen LogP contribution in [0.5, 0.6) is 0 Å². The summed E-state index contributed by atoms with van der Waals surface area (Å²) < 4.78 is 0. The lowest BCUT2D eigenvalue weighted by Gasteiger charge is -2.14. The van der Waals surface area contributed by atoms with Crippen molar-refractivity contribution in [3.63, 3.8) is 0 Å². The highest BCUT2D eigenvalue weighted by Gasteiger charge is 2.36. The number of anilines is 1. The summed E-state index contributed by atoms with van der Waals surface area (Å²) in [4.78, 5) is 24.1. The van der Waals surface area contributed by atoms with E-state index in [0.29, 0.717) is 10.7 Å². The molecule has 7 heteroatoms. The molecule has 1 fully saturated rings. The van der Waals surface area contributed by atoms with Crippen molar-refractivity contribution in [2.75, 3.05) is 4.90 Å². The van der Waals surface area contributed by atoms with Gasteiger partial charge in [0.05, 0.1) is 5.69 Å². The number of carbonyl (C=O) groups excluding carboxylic acids is 1. The molecule has 0 spiro atoms. The number of thiocarbonyl (C=S) groups is 1. The number of carboxylic acid groups (broad SMARTS) is 1. The van der Waals surface area contributed by atoms with E-state index in [1.54, 1.807) is 24.3 Å². The van der Waals surface area contributed by atoms with Gasteiger partial charge in [0.1, 0.15) is 6.04 Å². The molecule has 1 aromatic carbocycles. The van der Waals surface area contributed by atoms with E-state index in [9.17, 15) is 9.59 Å². The van der Waals surface area contributed by atoms with Gasteiger partial charge in [-0.25, -0.2) is 0 Å². The summed E-state index contributed by atoms with van der Waals surface area (Å²) in [6.45, 7) is 0. The van der Waals surface area contributed by atoms with Crippen LogP contribution in [0.25, 0.3) is 0 Å². The molecule has 1 aliphatic heterocycles. The van der Waals surface area contributed by atoms with Crippen LogP contribution in [0.2, 0.25) is 5.02 Å². The third-order valence-electron chi connectivity index (χ3n) is 2.75. The lowest BCUT2D eigenvalue weighted by atomic mass is 10.1. The first-order valence-electron chi connectivity index (χ1n) is 5.61. The minimum atomic E-state index is -0.939. The number of rotatable bonds is 4. The molecule has 2 N–H and O–H groups in total. The molecule has 2 rings (SSSR count). The molecule has 1 saturated heterocycles. The fourth-order valence-electron chi connectivity index (χ4n) is 1.83. The Morgan fingerprint density at radius 1 is 1.42 bits per heavy atom. The lowest BCUT2D eigenvalue weighted by Crippen LogP contribution is -2.31. The lowest BCUT2D eigenvalue weighted by molar-refractivity contribution is -0.137. The average Bonchev–Trinajstić information content (AvgIpc) is 2.63. The van der Waals surface area contributed by atoms with Gasteiger partial charge in [-0.05, 0) is 42.9 Å². The number of aliphatic carboxylic acids is 1. The monoisotopic (exact) mass is 298 g/mol. The van der Waals surface area contributed by atoms with Crippen LogP contribution in [0, 0.1) is 0 Å². The van der Waals surface area contributed by atoms with Crippen LogP contribution in [-0.2, 0) is 9.59 Å². The molecule has 0 aromatic heterocycles. The smallest absolute Gasteiger partial charge is 0.303 e. The van der Waals surface area contributed by atoms with Crippen molar-refractivity contribution >= 4 is 46.5 Å². The quantitative estimate of drug-likeness (QED) is 0.830. The van der Waals surface area contributed by atoms with E-state index < -0.39 is 12.0 Å². The molecular formula is C12H11ClN2O3S. The van der Waals surface area contributed by atoms with Gasteiger partial charge < -0.3 is 10.4 Å². The largest absolute Gasteiger partial charge is 0.481 e. The van der Waals surface area contributed by atoms with Gasteiger partial charge in [0, 0.05) is 11.4 Å². The summed E-state index contributed by atoms with van der Waals surface area (Å²) >= 11 is 10.9. The van der Waals surface area contributed by atoms with Gasteiger partial charge in [0.2, 0.25) is 0 Å². The van der Waals surface area contributed by atoms with Crippen molar-refractivity contribution in [3.8, 4) is 0 Å². The molecule has 0 saturated carbocycles. The summed E-state index contributed by atoms with van der Waals surface area (Å²) in [5.41, 5.74) is 0.615. The SMILES string of the molecule is O=C(O)CCC1NC(=S)N(c2ccc(Cl)cc2)C1=O. The molecular weight excluding hydrogens is 288 g/mol. The molecule has 0 bridgehead atoms. The molecule has 100 valence electrons. The predicted octanol–water partition coefficient (Wildman–Crippen LogP) is 1.79. The topological polar surface area (TPSA) is 69.6 Å². The van der Waals surface area contributed by atoms with E-state index in [1.807, 2.05) is 0 Å². The molecule has 1 heterocycles. The van der Waals surface area contributed by atoms with E-state index in [0.717, 1.165) is 0 Å². The zero-order valence-electron chi connectivity index (χ0n) is 9.80. The molecule has 1 atom stereocenters. The van der Waals surface area contributed by atoms with Crippen LogP contribution in [0.15, 0.2) is 24.3 Å². The summed E-state index contributed by atoms with van der Waals surface area (Å²) in [6, 6.07) is 6.12. The molecule has 1 amide bonds. The molecule has 0 aliphatic carbocycles. The minimum absolute atomic E-state index is 0.0829. The van der Waals surface area contributed by atoms with Gasteiger partial charge in [-0.3, -0.25) is 14.5 Å². The molecule has 1 aromatic rings. The summed E-state index contributed by atoms with van der Waals surface area (Å²) in [7, 11) is 0. The number of carboxylic acids is 1. The van der Waals surface area contributed by atoms with Crippen LogP contribution in [0.3, 0.4) is 0 Å². The number of nitrogens with one attached hydrogen (secondary N) is 1. The zero-order valence-corrected chi connectivity index (χ0v) is 11.4. The first kappa shape index (κ1) is 13.8. The molecule has 1 aliphatic rings. The number of nitrogens with zero attached hydrogens (tertiary/aromatic N) is 1. The Balaban J connectivity index is 2.14. The van der Waals surface area contributed by atoms with E-state index in [4.69, 9.17) is 28.9 Å². The third-order valence-corrected chi connectivity index (χ3v) is 3.30. The van der Waals surface area contributed by atoms with Crippen molar-refractivity contribution in [1.82, 2.24) is 5.32 Å². The summed E-state index contributed by atoms with van der Waals surface area (Å²) in [5, 5.41) is 12.3. The van der Waals surface area contributed by atoms with E-state index in [2.05, 4.69) is 5.32 Å². The standard InChI is InChI=1S/C12H11ClN2O3S/c13-7-1-3-8(4-2-7)15-11(18)9(14-12(15)19)5-6-10(16)17/h1-4,9H,5-6H2,(H,14,19)(H,16,17). The summed E-state index contributed by atoms with van der Waals surface area (Å²) in [5.74, 6) is -1.18. The molecule has 0 radical (unpaired) electrons. The van der Waals surface area contributed by atoms with Gasteiger partial charge in [0.15, 0.2) is 5.11 Å². The highest BCUT2D eigenvalue weighted by Crippen LogP contribution is 2.23. The highest BCUT2D eigenvalue weighted by molar-refractivity contribution is 7.80. The summed E-state index contributed by atoms with van der Waals surface area (Å²) in [6.07, 6.45) is 0.124. The molecule has 19 heavy (non-hydrogen) atoms. The second-order valence-electron chi connectivity index (χ2n) is 4.08. The maximum Gasteiger partial charge on any atom is 0.303 e. The fraction of sp³-hybridized carbons (Fsp3) is 0.250. The Morgan fingerprint density at radius 3 is 2.63 bits per heavy atom. The van der Waals surface area contributed by atoms with Crippen LogP contribution < -0.4 is 10.2 Å². The Morgan fingerprint density at radius 2 is 2.05 bits per heavy atom. The molecule has 1 unspecified atom stereocenters. The van der Waals surface area contributed by atoms with Crippen molar-refractivity contribution in [3.05, 3.63) is 29.3 Å².